The van der Waals surface area contributed by atoms with Crippen LogP contribution in [0.2, 0.25) is 5.02 Å². The van der Waals surface area contributed by atoms with Crippen LogP contribution in [0.3, 0.4) is 0 Å². The van der Waals surface area contributed by atoms with Gasteiger partial charge in [0.2, 0.25) is 17.6 Å². The first-order valence-corrected chi connectivity index (χ1v) is 12.9. The molecule has 1 aromatic heterocycles. The first kappa shape index (κ1) is 23.8. The van der Waals surface area contributed by atoms with Gasteiger partial charge >= 0.3 is 0 Å². The molecule has 8 heteroatoms. The summed E-state index contributed by atoms with van der Waals surface area (Å²) >= 11 is 7.80. The standard InChI is InChI=1S/C25H29ClN4O2S/c26-22-11-9-19(10-12-22)18-33-15-5-13-27-25(31)21-8-4-14-30(16-21)17-23-28-24(29-32-23)20-6-2-1-3-7-20/h1-3,6-7,9-12,21H,4-5,8,13-18H2,(H,27,31). The molecule has 1 amide bonds. The zero-order chi connectivity index (χ0) is 22.9. The number of nitrogens with zero attached hydrogens (tertiary/aromatic N) is 3. The molecular formula is C25H29ClN4O2S. The third-order valence-electron chi connectivity index (χ3n) is 5.68. The summed E-state index contributed by atoms with van der Waals surface area (Å²) < 4.78 is 5.45. The number of carbonyl (C=O) groups excluding carboxylic acids is 1. The molecule has 0 spiro atoms. The van der Waals surface area contributed by atoms with E-state index in [1.165, 1.54) is 5.56 Å². The van der Waals surface area contributed by atoms with Gasteiger partial charge in [-0.05, 0) is 49.3 Å². The lowest BCUT2D eigenvalue weighted by atomic mass is 9.97. The van der Waals surface area contributed by atoms with Crippen molar-refractivity contribution in [2.75, 3.05) is 25.4 Å². The molecule has 33 heavy (non-hydrogen) atoms. The van der Waals surface area contributed by atoms with E-state index in [0.717, 1.165) is 54.4 Å². The molecule has 1 aliphatic rings. The largest absolute Gasteiger partial charge is 0.356 e. The third kappa shape index (κ3) is 7.32. The van der Waals surface area contributed by atoms with E-state index in [1.807, 2.05) is 54.2 Å². The molecule has 1 saturated heterocycles. The van der Waals surface area contributed by atoms with Crippen LogP contribution in [0.1, 0.15) is 30.7 Å². The number of likely N-dealkylation sites (tertiary alicyclic amines) is 1. The van der Waals surface area contributed by atoms with Crippen molar-refractivity contribution in [3.05, 3.63) is 71.1 Å². The fourth-order valence-corrected chi connectivity index (χ4v) is 4.98. The average Bonchev–Trinajstić information content (AvgIpc) is 3.31. The number of benzene rings is 2. The summed E-state index contributed by atoms with van der Waals surface area (Å²) in [4.78, 5) is 19.4. The number of rotatable bonds is 10. The van der Waals surface area contributed by atoms with Gasteiger partial charge in [-0.3, -0.25) is 9.69 Å². The lowest BCUT2D eigenvalue weighted by molar-refractivity contribution is -0.126. The highest BCUT2D eigenvalue weighted by Crippen LogP contribution is 2.21. The molecule has 4 rings (SSSR count). The lowest BCUT2D eigenvalue weighted by Gasteiger charge is -2.30. The van der Waals surface area contributed by atoms with Crippen LogP contribution < -0.4 is 5.32 Å². The molecule has 2 heterocycles. The van der Waals surface area contributed by atoms with E-state index >= 15 is 0 Å². The van der Waals surface area contributed by atoms with Gasteiger partial charge in [-0.15, -0.1) is 0 Å². The van der Waals surface area contributed by atoms with Gasteiger partial charge in [0.25, 0.3) is 0 Å². The van der Waals surface area contributed by atoms with Crippen LogP contribution in [-0.4, -0.2) is 46.3 Å². The minimum Gasteiger partial charge on any atom is -0.356 e. The SMILES string of the molecule is O=C(NCCCSCc1ccc(Cl)cc1)C1CCCN(Cc2nc(-c3ccccc3)no2)C1. The van der Waals surface area contributed by atoms with Crippen molar-refractivity contribution in [3.8, 4) is 11.4 Å². The Bertz CT molecular complexity index is 1010. The van der Waals surface area contributed by atoms with Crippen LogP contribution in [0, 0.1) is 5.92 Å². The van der Waals surface area contributed by atoms with Crippen LogP contribution >= 0.6 is 23.4 Å². The number of amides is 1. The summed E-state index contributed by atoms with van der Waals surface area (Å²) in [6.45, 7) is 2.95. The molecule has 0 saturated carbocycles. The summed E-state index contributed by atoms with van der Waals surface area (Å²) in [5.74, 6) is 3.33. The number of piperidine rings is 1. The summed E-state index contributed by atoms with van der Waals surface area (Å²) in [6, 6.07) is 17.8. The summed E-state index contributed by atoms with van der Waals surface area (Å²) in [5, 5.41) is 7.98. The van der Waals surface area contributed by atoms with Crippen LogP contribution in [0.4, 0.5) is 0 Å². The molecule has 1 aliphatic heterocycles. The van der Waals surface area contributed by atoms with E-state index in [2.05, 4.69) is 32.5 Å². The molecule has 1 N–H and O–H groups in total. The molecule has 1 unspecified atom stereocenters. The number of carbonyl (C=O) groups is 1. The van der Waals surface area contributed by atoms with Crippen molar-refractivity contribution in [3.63, 3.8) is 0 Å². The van der Waals surface area contributed by atoms with Gasteiger partial charge in [-0.2, -0.15) is 16.7 Å². The fourth-order valence-electron chi connectivity index (χ4n) is 3.93. The zero-order valence-electron chi connectivity index (χ0n) is 18.6. The quantitative estimate of drug-likeness (QED) is 0.406. The van der Waals surface area contributed by atoms with E-state index in [9.17, 15) is 4.79 Å². The minimum absolute atomic E-state index is 0.0111. The minimum atomic E-state index is 0.0111. The highest BCUT2D eigenvalue weighted by atomic mass is 35.5. The van der Waals surface area contributed by atoms with Crippen molar-refractivity contribution < 1.29 is 9.32 Å². The van der Waals surface area contributed by atoms with Crippen molar-refractivity contribution in [2.45, 2.75) is 31.6 Å². The molecule has 0 aliphatic carbocycles. The maximum Gasteiger partial charge on any atom is 0.241 e. The maximum atomic E-state index is 12.7. The molecule has 2 aromatic carbocycles. The lowest BCUT2D eigenvalue weighted by Crippen LogP contribution is -2.43. The molecule has 174 valence electrons. The van der Waals surface area contributed by atoms with Gasteiger partial charge in [0.05, 0.1) is 12.5 Å². The normalized spacial score (nSPS) is 16.6. The maximum absolute atomic E-state index is 12.7. The Morgan fingerprint density at radius 3 is 2.82 bits per heavy atom. The average molecular weight is 485 g/mol. The number of halogens is 1. The monoisotopic (exact) mass is 484 g/mol. The van der Waals surface area contributed by atoms with E-state index in [1.54, 1.807) is 0 Å². The molecule has 0 bridgehead atoms. The van der Waals surface area contributed by atoms with Gasteiger partial charge in [0.1, 0.15) is 0 Å². The van der Waals surface area contributed by atoms with Gasteiger partial charge in [-0.25, -0.2) is 0 Å². The van der Waals surface area contributed by atoms with Gasteiger partial charge in [0, 0.05) is 29.4 Å². The van der Waals surface area contributed by atoms with Gasteiger partial charge in [0.15, 0.2) is 0 Å². The van der Waals surface area contributed by atoms with Crippen LogP contribution in [0.5, 0.6) is 0 Å². The molecule has 0 radical (unpaired) electrons. The number of hydrogen-bond donors (Lipinski definition) is 1. The molecular weight excluding hydrogens is 456 g/mol. The van der Waals surface area contributed by atoms with Crippen molar-refractivity contribution in [1.29, 1.82) is 0 Å². The van der Waals surface area contributed by atoms with Gasteiger partial charge < -0.3 is 9.84 Å². The fraction of sp³-hybridized carbons (Fsp3) is 0.400. The second kappa shape index (κ2) is 12.2. The number of aromatic nitrogens is 2. The summed E-state index contributed by atoms with van der Waals surface area (Å²) in [6.07, 6.45) is 2.88. The second-order valence-corrected chi connectivity index (χ2v) is 9.82. The summed E-state index contributed by atoms with van der Waals surface area (Å²) in [5.41, 5.74) is 2.21. The Kier molecular flexibility index (Phi) is 8.80. The Balaban J connectivity index is 1.15. The van der Waals surface area contributed by atoms with Crippen molar-refractivity contribution >= 4 is 29.3 Å². The molecule has 3 aromatic rings. The van der Waals surface area contributed by atoms with Crippen LogP contribution in [-0.2, 0) is 17.1 Å². The van der Waals surface area contributed by atoms with Crippen molar-refractivity contribution in [2.24, 2.45) is 5.92 Å². The van der Waals surface area contributed by atoms with Gasteiger partial charge in [-0.1, -0.05) is 59.2 Å². The van der Waals surface area contributed by atoms with E-state index in [4.69, 9.17) is 16.1 Å². The number of nitrogens with one attached hydrogen (secondary N) is 1. The first-order chi connectivity index (χ1) is 16.2. The number of hydrogen-bond acceptors (Lipinski definition) is 6. The van der Waals surface area contributed by atoms with Crippen LogP contribution in [0.25, 0.3) is 11.4 Å². The number of thioether (sulfide) groups is 1. The molecule has 6 nitrogen and oxygen atoms in total. The predicted molar refractivity (Wildman–Crippen MR) is 133 cm³/mol. The Morgan fingerprint density at radius 2 is 2.00 bits per heavy atom. The first-order valence-electron chi connectivity index (χ1n) is 11.4. The highest BCUT2D eigenvalue weighted by Gasteiger charge is 2.26. The molecule has 1 fully saturated rings. The summed E-state index contributed by atoms with van der Waals surface area (Å²) in [7, 11) is 0. The molecule has 1 atom stereocenters. The van der Waals surface area contributed by atoms with Crippen LogP contribution in [0.15, 0.2) is 59.1 Å². The zero-order valence-corrected chi connectivity index (χ0v) is 20.2. The van der Waals surface area contributed by atoms with E-state index in [-0.39, 0.29) is 11.8 Å². The Labute approximate surface area is 204 Å². The second-order valence-electron chi connectivity index (χ2n) is 8.28. The highest BCUT2D eigenvalue weighted by molar-refractivity contribution is 7.98. The Morgan fingerprint density at radius 1 is 1.18 bits per heavy atom. The van der Waals surface area contributed by atoms with Crippen molar-refractivity contribution in [1.82, 2.24) is 20.4 Å². The van der Waals surface area contributed by atoms with E-state index in [0.29, 0.717) is 24.8 Å². The third-order valence-corrected chi connectivity index (χ3v) is 7.05. The van der Waals surface area contributed by atoms with E-state index < -0.39 is 0 Å². The Hall–Kier alpha value is -2.35. The smallest absolute Gasteiger partial charge is 0.241 e. The topological polar surface area (TPSA) is 71.3 Å². The predicted octanol–water partition coefficient (Wildman–Crippen LogP) is 5.04.